The van der Waals surface area contributed by atoms with E-state index >= 15 is 0 Å². The van der Waals surface area contributed by atoms with Gasteiger partial charge in [-0.1, -0.05) is 12.7 Å². The highest BCUT2D eigenvalue weighted by atomic mass is 32.2. The quantitative estimate of drug-likeness (QED) is 0.425. The third-order valence-electron chi connectivity index (χ3n) is 4.79. The van der Waals surface area contributed by atoms with Crippen LogP contribution in [0.2, 0.25) is 0 Å². The molecule has 8 heteroatoms. The van der Waals surface area contributed by atoms with Crippen molar-refractivity contribution in [3.8, 4) is 0 Å². The van der Waals surface area contributed by atoms with Gasteiger partial charge in [-0.2, -0.15) is 0 Å². The molecule has 0 bridgehead atoms. The molecule has 6 nitrogen and oxygen atoms in total. The van der Waals surface area contributed by atoms with Crippen molar-refractivity contribution in [2.75, 3.05) is 27.3 Å². The number of nitrogens with zero attached hydrogens (tertiary/aromatic N) is 1. The highest BCUT2D eigenvalue weighted by molar-refractivity contribution is 7.90. The first kappa shape index (κ1) is 24.4. The van der Waals surface area contributed by atoms with Gasteiger partial charge in [0.2, 0.25) is 10.0 Å². The van der Waals surface area contributed by atoms with Crippen LogP contribution in [0.1, 0.15) is 39.5 Å². The van der Waals surface area contributed by atoms with Crippen LogP contribution in [0, 0.1) is 5.92 Å². The number of carbonyl (C=O) groups excluding carboxylic acids is 1. The van der Waals surface area contributed by atoms with Gasteiger partial charge in [-0.05, 0) is 57.6 Å². The summed E-state index contributed by atoms with van der Waals surface area (Å²) in [5.74, 6) is 0.186. The maximum atomic E-state index is 12.5. The second-order valence-corrected chi connectivity index (χ2v) is 9.96. The fraction of sp³-hybridized carbons (Fsp3) is 0.650. The van der Waals surface area contributed by atoms with Gasteiger partial charge < -0.3 is 10.2 Å². The van der Waals surface area contributed by atoms with Gasteiger partial charge >= 0.3 is 0 Å². The van der Waals surface area contributed by atoms with Gasteiger partial charge in [0.05, 0.1) is 5.25 Å². The molecule has 1 aliphatic rings. The van der Waals surface area contributed by atoms with Crippen LogP contribution >= 0.6 is 0 Å². The molecule has 0 aromatic heterocycles. The van der Waals surface area contributed by atoms with Crippen LogP contribution in [0.15, 0.2) is 36.1 Å². The van der Waals surface area contributed by atoms with Gasteiger partial charge in [0.15, 0.2) is 0 Å². The van der Waals surface area contributed by atoms with E-state index in [2.05, 4.69) is 16.6 Å². The second kappa shape index (κ2) is 11.4. The van der Waals surface area contributed by atoms with Crippen LogP contribution in [-0.4, -0.2) is 57.8 Å². The standard InChI is InChI=1S/C20H34FN3O3S/c1-15(2)28(26,27)23-18-10-8-17(9-11-18)14-22-19(7-6-12-21)13-16(3)20(25)24(4)5/h6-7,13,15,17-18,22-23H,3,8-12,14H2,1-2,4-5H3/b7-6-,19-13+/t17-,18-. The summed E-state index contributed by atoms with van der Waals surface area (Å²) in [6.07, 6.45) is 8.00. The Bertz CT molecular complexity index is 691. The fourth-order valence-corrected chi connectivity index (χ4v) is 3.95. The number of halogens is 1. The summed E-state index contributed by atoms with van der Waals surface area (Å²) in [4.78, 5) is 13.4. The molecule has 160 valence electrons. The lowest BCUT2D eigenvalue weighted by Gasteiger charge is -2.30. The lowest BCUT2D eigenvalue weighted by Crippen LogP contribution is -2.41. The number of hydrogen-bond acceptors (Lipinski definition) is 4. The molecule has 0 aromatic rings. The fourth-order valence-electron chi connectivity index (χ4n) is 2.98. The monoisotopic (exact) mass is 415 g/mol. The van der Waals surface area contributed by atoms with Crippen molar-refractivity contribution in [1.29, 1.82) is 0 Å². The molecule has 1 aliphatic carbocycles. The molecule has 0 heterocycles. The molecule has 0 radical (unpaired) electrons. The van der Waals surface area contributed by atoms with Crippen LogP contribution in [-0.2, 0) is 14.8 Å². The van der Waals surface area contributed by atoms with Crippen molar-refractivity contribution in [1.82, 2.24) is 14.9 Å². The minimum atomic E-state index is -3.25. The maximum Gasteiger partial charge on any atom is 0.252 e. The topological polar surface area (TPSA) is 78.5 Å². The van der Waals surface area contributed by atoms with E-state index in [-0.39, 0.29) is 11.9 Å². The van der Waals surface area contributed by atoms with Crippen LogP contribution in [0.3, 0.4) is 0 Å². The maximum absolute atomic E-state index is 12.5. The van der Waals surface area contributed by atoms with Crippen LogP contribution < -0.4 is 10.0 Å². The molecular weight excluding hydrogens is 381 g/mol. The molecule has 1 saturated carbocycles. The summed E-state index contributed by atoms with van der Waals surface area (Å²) in [7, 11) is 0.0562. The Hall–Kier alpha value is -1.67. The van der Waals surface area contributed by atoms with Gasteiger partial charge in [0.1, 0.15) is 6.67 Å². The normalized spacial score (nSPS) is 21.1. The van der Waals surface area contributed by atoms with Crippen molar-refractivity contribution in [2.45, 2.75) is 50.8 Å². The zero-order valence-corrected chi connectivity index (χ0v) is 18.2. The number of carbonyl (C=O) groups is 1. The van der Waals surface area contributed by atoms with E-state index in [4.69, 9.17) is 0 Å². The summed E-state index contributed by atoms with van der Waals surface area (Å²) in [6.45, 7) is 7.21. The summed E-state index contributed by atoms with van der Waals surface area (Å²) < 4.78 is 39.3. The largest absolute Gasteiger partial charge is 0.385 e. The smallest absolute Gasteiger partial charge is 0.252 e. The van der Waals surface area contributed by atoms with Gasteiger partial charge in [0, 0.05) is 38.0 Å². The van der Waals surface area contributed by atoms with Crippen LogP contribution in [0.5, 0.6) is 0 Å². The predicted molar refractivity (Wildman–Crippen MR) is 112 cm³/mol. The molecule has 0 unspecified atom stereocenters. The first-order chi connectivity index (χ1) is 13.1. The van der Waals surface area contributed by atoms with Crippen LogP contribution in [0.4, 0.5) is 4.39 Å². The zero-order chi connectivity index (χ0) is 21.3. The van der Waals surface area contributed by atoms with E-state index in [9.17, 15) is 17.6 Å². The van der Waals surface area contributed by atoms with Gasteiger partial charge in [-0.25, -0.2) is 17.5 Å². The van der Waals surface area contributed by atoms with Gasteiger partial charge in [0.25, 0.3) is 5.91 Å². The Balaban J connectivity index is 2.60. The van der Waals surface area contributed by atoms with E-state index in [1.165, 1.54) is 11.0 Å². The highest BCUT2D eigenvalue weighted by Crippen LogP contribution is 2.25. The summed E-state index contributed by atoms with van der Waals surface area (Å²) >= 11 is 0. The second-order valence-electron chi connectivity index (χ2n) is 7.69. The number of hydrogen-bond donors (Lipinski definition) is 2. The molecule has 1 amide bonds. The first-order valence-electron chi connectivity index (χ1n) is 9.66. The third kappa shape index (κ3) is 8.14. The lowest BCUT2D eigenvalue weighted by atomic mass is 9.86. The molecule has 0 spiro atoms. The number of sulfonamides is 1. The van der Waals surface area contributed by atoms with E-state index in [1.807, 2.05) is 0 Å². The number of likely N-dealkylation sites (N-methyl/N-ethyl adjacent to an activating group) is 1. The molecule has 1 rings (SSSR count). The van der Waals surface area contributed by atoms with Crippen molar-refractivity contribution in [2.24, 2.45) is 5.92 Å². The van der Waals surface area contributed by atoms with Gasteiger partial charge in [-0.3, -0.25) is 4.79 Å². The molecule has 0 saturated heterocycles. The molecule has 0 atom stereocenters. The minimum Gasteiger partial charge on any atom is -0.385 e. The van der Waals surface area contributed by atoms with Crippen molar-refractivity contribution in [3.63, 3.8) is 0 Å². The average Bonchev–Trinajstić information content (AvgIpc) is 2.63. The minimum absolute atomic E-state index is 0.0115. The Kier molecular flexibility index (Phi) is 9.89. The van der Waals surface area contributed by atoms with Crippen molar-refractivity contribution < 1.29 is 17.6 Å². The first-order valence-corrected chi connectivity index (χ1v) is 11.2. The molecule has 0 aromatic carbocycles. The Labute approximate surface area is 169 Å². The van der Waals surface area contributed by atoms with Gasteiger partial charge in [-0.15, -0.1) is 0 Å². The average molecular weight is 416 g/mol. The molecule has 2 N–H and O–H groups in total. The number of allylic oxidation sites excluding steroid dienone is 2. The molecule has 1 fully saturated rings. The zero-order valence-electron chi connectivity index (χ0n) is 17.4. The van der Waals surface area contributed by atoms with E-state index in [0.717, 1.165) is 25.7 Å². The number of alkyl halides is 1. The molecule has 28 heavy (non-hydrogen) atoms. The Morgan fingerprint density at radius 2 is 1.86 bits per heavy atom. The number of rotatable bonds is 10. The number of nitrogens with one attached hydrogen (secondary N) is 2. The van der Waals surface area contributed by atoms with E-state index in [0.29, 0.717) is 23.7 Å². The van der Waals surface area contributed by atoms with Crippen molar-refractivity contribution in [3.05, 3.63) is 36.1 Å². The SMILES string of the molecule is C=C(/C=C(\C=C/CF)NC[C@H]1CC[C@H](NS(=O)(=O)C(C)C)CC1)C(=O)N(C)C. The van der Waals surface area contributed by atoms with E-state index < -0.39 is 21.9 Å². The Morgan fingerprint density at radius 1 is 1.25 bits per heavy atom. The van der Waals surface area contributed by atoms with E-state index in [1.54, 1.807) is 40.1 Å². The summed E-state index contributed by atoms with van der Waals surface area (Å²) in [5.41, 5.74) is 0.961. The highest BCUT2D eigenvalue weighted by Gasteiger charge is 2.26. The van der Waals surface area contributed by atoms with Crippen molar-refractivity contribution >= 4 is 15.9 Å². The molecular formula is C20H34FN3O3S. The summed E-state index contributed by atoms with van der Waals surface area (Å²) in [5, 5.41) is 2.84. The lowest BCUT2D eigenvalue weighted by molar-refractivity contribution is -0.124. The molecule has 0 aliphatic heterocycles. The van der Waals surface area contributed by atoms with Crippen LogP contribution in [0.25, 0.3) is 0 Å². The Morgan fingerprint density at radius 3 is 2.36 bits per heavy atom. The predicted octanol–water partition coefficient (Wildman–Crippen LogP) is 2.52. The summed E-state index contributed by atoms with van der Waals surface area (Å²) in [6, 6.07) is -0.0115. The third-order valence-corrected chi connectivity index (χ3v) is 6.69. The number of amides is 1.